The number of hydrogen-bond acceptors (Lipinski definition) is 2. The molecule has 0 aromatic heterocycles. The Hall–Kier alpha value is -0.520. The first-order chi connectivity index (χ1) is 8.74. The number of benzene rings is 1. The number of hydrogen-bond donors (Lipinski definition) is 1. The first-order valence-electron chi connectivity index (χ1n) is 6.18. The van der Waals surface area contributed by atoms with Crippen molar-refractivity contribution in [2.75, 3.05) is 32.9 Å². The van der Waals surface area contributed by atoms with Crippen molar-refractivity contribution in [2.24, 2.45) is 0 Å². The molecule has 100 valence electrons. The summed E-state index contributed by atoms with van der Waals surface area (Å²) >= 11 is 3.28. The molecular weight excluding hydrogens is 302 g/mol. The fourth-order valence-electron chi connectivity index (χ4n) is 2.41. The Morgan fingerprint density at radius 3 is 2.72 bits per heavy atom. The molecule has 0 spiro atoms. The molecule has 1 saturated heterocycles. The van der Waals surface area contributed by atoms with Crippen LogP contribution in [0.25, 0.3) is 0 Å². The van der Waals surface area contributed by atoms with E-state index in [1.165, 1.54) is 6.07 Å². The fourth-order valence-corrected chi connectivity index (χ4v) is 2.94. The maximum absolute atomic E-state index is 13.6. The maximum atomic E-state index is 13.6. The number of nitrogens with one attached hydrogen (secondary N) is 1. The Morgan fingerprint density at radius 2 is 2.06 bits per heavy atom. The molecule has 2 nitrogen and oxygen atoms in total. The van der Waals surface area contributed by atoms with Gasteiger partial charge in [0.25, 0.3) is 0 Å². The van der Waals surface area contributed by atoms with Gasteiger partial charge in [-0.05, 0) is 34.0 Å². The Kier molecular flexibility index (Phi) is 5.09. The number of piperazine rings is 1. The summed E-state index contributed by atoms with van der Waals surface area (Å²) in [6.45, 7) is 3.14. The zero-order valence-electron chi connectivity index (χ0n) is 10.1. The van der Waals surface area contributed by atoms with Crippen molar-refractivity contribution in [3.63, 3.8) is 0 Å². The minimum atomic E-state index is -0.391. The summed E-state index contributed by atoms with van der Waals surface area (Å²) in [4.78, 5) is 2.22. The van der Waals surface area contributed by atoms with Crippen LogP contribution in [-0.4, -0.2) is 37.8 Å². The van der Waals surface area contributed by atoms with Gasteiger partial charge >= 0.3 is 0 Å². The van der Waals surface area contributed by atoms with Crippen LogP contribution in [0.1, 0.15) is 18.0 Å². The molecule has 1 atom stereocenters. The lowest BCUT2D eigenvalue weighted by molar-refractivity contribution is 0.156. The molecule has 18 heavy (non-hydrogen) atoms. The third-order valence-corrected chi connectivity index (χ3v) is 4.15. The third kappa shape index (κ3) is 3.08. The van der Waals surface area contributed by atoms with Gasteiger partial charge in [0.2, 0.25) is 0 Å². The average Bonchev–Trinajstić information content (AvgIpc) is 2.41. The van der Waals surface area contributed by atoms with Crippen molar-refractivity contribution < 1.29 is 8.78 Å². The summed E-state index contributed by atoms with van der Waals surface area (Å²) < 4.78 is 26.8. The van der Waals surface area contributed by atoms with Crippen molar-refractivity contribution in [3.05, 3.63) is 34.1 Å². The predicted octanol–water partition coefficient (Wildman–Crippen LogP) is 2.89. The summed E-state index contributed by atoms with van der Waals surface area (Å²) in [6.07, 6.45) is 0.405. The molecule has 1 aromatic rings. The lowest BCUT2D eigenvalue weighted by atomic mass is 10.0. The first kappa shape index (κ1) is 13.9. The molecule has 1 heterocycles. The van der Waals surface area contributed by atoms with Gasteiger partial charge in [-0.1, -0.05) is 12.1 Å². The van der Waals surface area contributed by atoms with Crippen LogP contribution in [0.4, 0.5) is 8.78 Å². The van der Waals surface area contributed by atoms with Gasteiger partial charge in [0.1, 0.15) is 5.82 Å². The lowest BCUT2D eigenvalue weighted by Crippen LogP contribution is -2.45. The van der Waals surface area contributed by atoms with E-state index in [9.17, 15) is 8.78 Å². The molecule has 2 rings (SSSR count). The zero-order valence-corrected chi connectivity index (χ0v) is 11.7. The van der Waals surface area contributed by atoms with Gasteiger partial charge in [-0.25, -0.2) is 4.39 Å². The molecule has 0 radical (unpaired) electrons. The molecule has 1 aromatic carbocycles. The standard InChI is InChI=1S/C13H17BrF2N2/c14-13-10(2-1-3-11(13)16)12(4-5-15)18-8-6-17-7-9-18/h1-3,12,17H,4-9H2/t12-/m1/s1. The van der Waals surface area contributed by atoms with Crippen LogP contribution in [0.5, 0.6) is 0 Å². The predicted molar refractivity (Wildman–Crippen MR) is 71.9 cm³/mol. The number of halogens is 3. The highest BCUT2D eigenvalue weighted by Gasteiger charge is 2.24. The first-order valence-corrected chi connectivity index (χ1v) is 6.98. The molecule has 1 aliphatic rings. The van der Waals surface area contributed by atoms with Gasteiger partial charge in [0, 0.05) is 32.2 Å². The van der Waals surface area contributed by atoms with Crippen LogP contribution in [0, 0.1) is 5.82 Å². The summed E-state index contributed by atoms with van der Waals surface area (Å²) in [5.41, 5.74) is 0.842. The summed E-state index contributed by atoms with van der Waals surface area (Å²) in [7, 11) is 0. The molecule has 0 saturated carbocycles. The summed E-state index contributed by atoms with van der Waals surface area (Å²) in [6, 6.07) is 4.91. The van der Waals surface area contributed by atoms with Gasteiger partial charge in [-0.3, -0.25) is 9.29 Å². The number of rotatable bonds is 4. The van der Waals surface area contributed by atoms with E-state index in [4.69, 9.17) is 0 Å². The van der Waals surface area contributed by atoms with Crippen LogP contribution in [0.15, 0.2) is 22.7 Å². The minimum Gasteiger partial charge on any atom is -0.314 e. The van der Waals surface area contributed by atoms with Crippen molar-refractivity contribution in [1.29, 1.82) is 0 Å². The molecule has 0 aliphatic carbocycles. The Labute approximate surface area is 114 Å². The van der Waals surface area contributed by atoms with Crippen LogP contribution in [0.2, 0.25) is 0 Å². The quantitative estimate of drug-likeness (QED) is 0.918. The van der Waals surface area contributed by atoms with Crippen LogP contribution in [0.3, 0.4) is 0 Å². The maximum Gasteiger partial charge on any atom is 0.137 e. The second kappa shape index (κ2) is 6.59. The molecule has 5 heteroatoms. The zero-order chi connectivity index (χ0) is 13.0. The minimum absolute atomic E-state index is 0.0535. The van der Waals surface area contributed by atoms with E-state index in [-0.39, 0.29) is 11.9 Å². The van der Waals surface area contributed by atoms with Gasteiger partial charge in [0.15, 0.2) is 0 Å². The Morgan fingerprint density at radius 1 is 1.33 bits per heavy atom. The SMILES string of the molecule is FCC[C@H](c1cccc(F)c1Br)N1CCNCC1. The lowest BCUT2D eigenvalue weighted by Gasteiger charge is -2.35. The second-order valence-electron chi connectivity index (χ2n) is 4.42. The van der Waals surface area contributed by atoms with E-state index in [2.05, 4.69) is 26.1 Å². The van der Waals surface area contributed by atoms with E-state index in [1.54, 1.807) is 6.07 Å². The van der Waals surface area contributed by atoms with Gasteiger partial charge in [0.05, 0.1) is 11.1 Å². The molecule has 0 bridgehead atoms. The van der Waals surface area contributed by atoms with E-state index < -0.39 is 6.67 Å². The summed E-state index contributed by atoms with van der Waals surface area (Å²) in [5.74, 6) is -0.286. The number of nitrogens with zero attached hydrogens (tertiary/aromatic N) is 1. The monoisotopic (exact) mass is 318 g/mol. The van der Waals surface area contributed by atoms with Crippen molar-refractivity contribution in [1.82, 2.24) is 10.2 Å². The molecule has 0 amide bonds. The van der Waals surface area contributed by atoms with Gasteiger partial charge < -0.3 is 5.32 Å². The number of alkyl halides is 1. The van der Waals surface area contributed by atoms with E-state index >= 15 is 0 Å². The Bertz CT molecular complexity index is 395. The third-order valence-electron chi connectivity index (χ3n) is 3.32. The molecule has 1 aliphatic heterocycles. The van der Waals surface area contributed by atoms with Gasteiger partial charge in [-0.15, -0.1) is 0 Å². The molecule has 1 N–H and O–H groups in total. The van der Waals surface area contributed by atoms with E-state index in [1.807, 2.05) is 6.07 Å². The smallest absolute Gasteiger partial charge is 0.137 e. The van der Waals surface area contributed by atoms with Crippen LogP contribution in [-0.2, 0) is 0 Å². The summed E-state index contributed by atoms with van der Waals surface area (Å²) in [5, 5.41) is 3.27. The van der Waals surface area contributed by atoms with Crippen LogP contribution >= 0.6 is 15.9 Å². The van der Waals surface area contributed by atoms with E-state index in [0.717, 1.165) is 31.7 Å². The van der Waals surface area contributed by atoms with Gasteiger partial charge in [-0.2, -0.15) is 0 Å². The molecule has 0 unspecified atom stereocenters. The van der Waals surface area contributed by atoms with Crippen molar-refractivity contribution in [2.45, 2.75) is 12.5 Å². The highest BCUT2D eigenvalue weighted by atomic mass is 79.9. The average molecular weight is 319 g/mol. The van der Waals surface area contributed by atoms with Crippen LogP contribution < -0.4 is 5.32 Å². The molecule has 1 fully saturated rings. The largest absolute Gasteiger partial charge is 0.314 e. The Balaban J connectivity index is 2.25. The van der Waals surface area contributed by atoms with Crippen molar-refractivity contribution in [3.8, 4) is 0 Å². The highest BCUT2D eigenvalue weighted by molar-refractivity contribution is 9.10. The second-order valence-corrected chi connectivity index (χ2v) is 5.22. The van der Waals surface area contributed by atoms with Crippen molar-refractivity contribution >= 4 is 15.9 Å². The fraction of sp³-hybridized carbons (Fsp3) is 0.538. The van der Waals surface area contributed by atoms with E-state index in [0.29, 0.717) is 10.9 Å². The normalized spacial score (nSPS) is 18.8. The topological polar surface area (TPSA) is 15.3 Å². The molecular formula is C13H17BrF2N2. The highest BCUT2D eigenvalue weighted by Crippen LogP contribution is 2.32.